The average Bonchev–Trinajstić information content (AvgIpc) is 3.04. The third-order valence-corrected chi connectivity index (χ3v) is 4.70. The van der Waals surface area contributed by atoms with Crippen LogP contribution in [0, 0.1) is 5.92 Å². The Morgan fingerprint density at radius 3 is 2.48 bits per heavy atom. The molecule has 2 unspecified atom stereocenters. The van der Waals surface area contributed by atoms with E-state index in [0.29, 0.717) is 5.56 Å². The first kappa shape index (κ1) is 15.8. The van der Waals surface area contributed by atoms with Gasteiger partial charge in [-0.2, -0.15) is 0 Å². The summed E-state index contributed by atoms with van der Waals surface area (Å²) >= 11 is 0. The van der Waals surface area contributed by atoms with Gasteiger partial charge in [-0.05, 0) is 37.1 Å². The van der Waals surface area contributed by atoms with E-state index in [1.807, 2.05) is 24.3 Å². The highest BCUT2D eigenvalue weighted by atomic mass is 16.5. The second-order valence-electron chi connectivity index (χ2n) is 6.17. The Labute approximate surface area is 136 Å². The molecule has 6 heteroatoms. The molecule has 0 aromatic heterocycles. The maximum absolute atomic E-state index is 12.4. The van der Waals surface area contributed by atoms with Gasteiger partial charge in [-0.3, -0.25) is 9.59 Å². The molecule has 0 radical (unpaired) electrons. The van der Waals surface area contributed by atoms with Crippen molar-refractivity contribution < 1.29 is 14.3 Å². The minimum absolute atomic E-state index is 0.140. The van der Waals surface area contributed by atoms with E-state index in [-0.39, 0.29) is 23.8 Å². The van der Waals surface area contributed by atoms with Gasteiger partial charge < -0.3 is 20.7 Å². The van der Waals surface area contributed by atoms with Crippen molar-refractivity contribution in [3.63, 3.8) is 0 Å². The molecule has 23 heavy (non-hydrogen) atoms. The smallest absolute Gasteiger partial charge is 0.251 e. The number of nitrogens with one attached hydrogen (secondary N) is 1. The van der Waals surface area contributed by atoms with Crippen LogP contribution < -0.4 is 16.0 Å². The number of amides is 2. The van der Waals surface area contributed by atoms with Crippen molar-refractivity contribution in [1.29, 1.82) is 0 Å². The molecule has 0 spiro atoms. The van der Waals surface area contributed by atoms with Gasteiger partial charge >= 0.3 is 0 Å². The Morgan fingerprint density at radius 2 is 1.83 bits per heavy atom. The molecular formula is C17H23N3O3. The fraction of sp³-hybridized carbons (Fsp3) is 0.529. The van der Waals surface area contributed by atoms with Crippen molar-refractivity contribution in [1.82, 2.24) is 5.32 Å². The third kappa shape index (κ3) is 3.64. The Morgan fingerprint density at radius 1 is 1.13 bits per heavy atom. The van der Waals surface area contributed by atoms with Gasteiger partial charge in [0.1, 0.15) is 0 Å². The summed E-state index contributed by atoms with van der Waals surface area (Å²) in [5, 5.41) is 2.95. The lowest BCUT2D eigenvalue weighted by Crippen LogP contribution is -2.42. The number of benzene rings is 1. The normalized spacial score (nSPS) is 24.4. The van der Waals surface area contributed by atoms with Crippen LogP contribution in [0.2, 0.25) is 0 Å². The number of primary amides is 1. The fourth-order valence-corrected chi connectivity index (χ4v) is 3.37. The van der Waals surface area contributed by atoms with Gasteiger partial charge in [0.2, 0.25) is 5.91 Å². The van der Waals surface area contributed by atoms with Crippen LogP contribution in [0.1, 0.15) is 29.6 Å². The van der Waals surface area contributed by atoms with Crippen LogP contribution in [0.4, 0.5) is 5.69 Å². The van der Waals surface area contributed by atoms with Crippen LogP contribution in [-0.4, -0.2) is 44.2 Å². The zero-order chi connectivity index (χ0) is 16.2. The summed E-state index contributed by atoms with van der Waals surface area (Å²) in [6.45, 7) is 3.21. The van der Waals surface area contributed by atoms with Crippen LogP contribution in [0.15, 0.2) is 24.3 Å². The number of morpholine rings is 1. The van der Waals surface area contributed by atoms with Crippen LogP contribution in [0.5, 0.6) is 0 Å². The van der Waals surface area contributed by atoms with Crippen LogP contribution in [-0.2, 0) is 9.53 Å². The van der Waals surface area contributed by atoms with Crippen LogP contribution in [0.25, 0.3) is 0 Å². The number of anilines is 1. The molecule has 1 aliphatic carbocycles. The Hall–Kier alpha value is -2.08. The predicted octanol–water partition coefficient (Wildman–Crippen LogP) is 0.907. The largest absolute Gasteiger partial charge is 0.378 e. The first-order valence-electron chi connectivity index (χ1n) is 8.18. The molecule has 0 bridgehead atoms. The molecule has 1 aromatic rings. The molecule has 1 aliphatic heterocycles. The van der Waals surface area contributed by atoms with Gasteiger partial charge in [-0.1, -0.05) is 6.42 Å². The van der Waals surface area contributed by atoms with Gasteiger partial charge in [0.05, 0.1) is 19.1 Å². The van der Waals surface area contributed by atoms with Gasteiger partial charge in [0, 0.05) is 30.4 Å². The molecule has 124 valence electrons. The highest BCUT2D eigenvalue weighted by Crippen LogP contribution is 2.25. The lowest BCUT2D eigenvalue weighted by atomic mass is 10.0. The Bertz CT molecular complexity index is 567. The maximum atomic E-state index is 12.4. The van der Waals surface area contributed by atoms with Crippen molar-refractivity contribution in [2.75, 3.05) is 31.2 Å². The highest BCUT2D eigenvalue weighted by Gasteiger charge is 2.32. The molecule has 6 nitrogen and oxygen atoms in total. The number of nitrogens with zero attached hydrogens (tertiary/aromatic N) is 1. The first-order valence-corrected chi connectivity index (χ1v) is 8.18. The summed E-state index contributed by atoms with van der Waals surface area (Å²) in [4.78, 5) is 26.0. The average molecular weight is 317 g/mol. The maximum Gasteiger partial charge on any atom is 0.251 e. The van der Waals surface area contributed by atoms with Crippen LogP contribution >= 0.6 is 0 Å². The summed E-state index contributed by atoms with van der Waals surface area (Å²) in [6.07, 6.45) is 2.50. The number of carbonyl (C=O) groups excluding carboxylic acids is 2. The summed E-state index contributed by atoms with van der Waals surface area (Å²) in [5.41, 5.74) is 7.11. The van der Waals surface area contributed by atoms with Gasteiger partial charge in [-0.15, -0.1) is 0 Å². The summed E-state index contributed by atoms with van der Waals surface area (Å²) < 4.78 is 5.34. The predicted molar refractivity (Wildman–Crippen MR) is 87.3 cm³/mol. The van der Waals surface area contributed by atoms with E-state index in [9.17, 15) is 9.59 Å². The second kappa shape index (κ2) is 7.00. The van der Waals surface area contributed by atoms with E-state index in [0.717, 1.165) is 51.3 Å². The molecule has 1 saturated heterocycles. The quantitative estimate of drug-likeness (QED) is 0.864. The minimum Gasteiger partial charge on any atom is -0.378 e. The van der Waals surface area contributed by atoms with Gasteiger partial charge in [0.15, 0.2) is 0 Å². The highest BCUT2D eigenvalue weighted by molar-refractivity contribution is 5.95. The molecular weight excluding hydrogens is 294 g/mol. The summed E-state index contributed by atoms with van der Waals surface area (Å²) in [7, 11) is 0. The lowest BCUT2D eigenvalue weighted by Gasteiger charge is -2.29. The Kier molecular flexibility index (Phi) is 4.81. The first-order chi connectivity index (χ1) is 11.1. The number of hydrogen-bond acceptors (Lipinski definition) is 4. The molecule has 1 aromatic carbocycles. The molecule has 3 N–H and O–H groups in total. The molecule has 1 saturated carbocycles. The van der Waals surface area contributed by atoms with E-state index in [1.54, 1.807) is 0 Å². The van der Waals surface area contributed by atoms with Gasteiger partial charge in [-0.25, -0.2) is 0 Å². The van der Waals surface area contributed by atoms with Crippen molar-refractivity contribution in [3.05, 3.63) is 29.8 Å². The Balaban J connectivity index is 1.62. The molecule has 2 atom stereocenters. The van der Waals surface area contributed by atoms with E-state index in [2.05, 4.69) is 10.2 Å². The topological polar surface area (TPSA) is 84.7 Å². The number of hydrogen-bond donors (Lipinski definition) is 2. The zero-order valence-corrected chi connectivity index (χ0v) is 13.2. The van der Waals surface area contributed by atoms with E-state index >= 15 is 0 Å². The van der Waals surface area contributed by atoms with E-state index < -0.39 is 0 Å². The minimum atomic E-state index is -0.324. The molecule has 1 heterocycles. The summed E-state index contributed by atoms with van der Waals surface area (Å²) in [5.74, 6) is -0.710. The molecule has 2 amide bonds. The number of carbonyl (C=O) groups is 2. The van der Waals surface area contributed by atoms with Crippen LogP contribution in [0.3, 0.4) is 0 Å². The van der Waals surface area contributed by atoms with Crippen molar-refractivity contribution in [3.8, 4) is 0 Å². The number of nitrogens with two attached hydrogens (primary N) is 1. The number of ether oxygens (including phenoxy) is 1. The lowest BCUT2D eigenvalue weighted by molar-refractivity contribution is -0.122. The fourth-order valence-electron chi connectivity index (χ4n) is 3.37. The molecule has 3 rings (SSSR count). The van der Waals surface area contributed by atoms with Crippen molar-refractivity contribution in [2.24, 2.45) is 11.7 Å². The summed E-state index contributed by atoms with van der Waals surface area (Å²) in [6, 6.07) is 7.43. The molecule has 2 aliphatic rings. The monoisotopic (exact) mass is 317 g/mol. The number of rotatable bonds is 4. The third-order valence-electron chi connectivity index (χ3n) is 4.70. The van der Waals surface area contributed by atoms with E-state index in [1.165, 1.54) is 0 Å². The zero-order valence-electron chi connectivity index (χ0n) is 13.2. The molecule has 2 fully saturated rings. The SMILES string of the molecule is NC(=O)C1CCCC1NC(=O)c1ccc(N2CCOCC2)cc1. The van der Waals surface area contributed by atoms with Gasteiger partial charge in [0.25, 0.3) is 5.91 Å². The van der Waals surface area contributed by atoms with Crippen molar-refractivity contribution in [2.45, 2.75) is 25.3 Å². The van der Waals surface area contributed by atoms with E-state index in [4.69, 9.17) is 10.5 Å². The second-order valence-corrected chi connectivity index (χ2v) is 6.17. The standard InChI is InChI=1S/C17H23N3O3/c18-16(21)14-2-1-3-15(14)19-17(22)12-4-6-13(7-5-12)20-8-10-23-11-9-20/h4-7,14-15H,1-3,8-11H2,(H2,18,21)(H,19,22). The van der Waals surface area contributed by atoms with Crippen molar-refractivity contribution >= 4 is 17.5 Å².